The lowest BCUT2D eigenvalue weighted by atomic mass is 9.73. The van der Waals surface area contributed by atoms with Gasteiger partial charge in [-0.05, 0) is 41.5 Å². The van der Waals surface area contributed by atoms with Crippen molar-refractivity contribution in [3.63, 3.8) is 0 Å². The van der Waals surface area contributed by atoms with Crippen LogP contribution < -0.4 is 10.6 Å². The smallest absolute Gasteiger partial charge is 0.261 e. The van der Waals surface area contributed by atoms with Gasteiger partial charge in [-0.1, -0.05) is 63.2 Å². The predicted molar refractivity (Wildman–Crippen MR) is 129 cm³/mol. The number of ketones is 1. The Morgan fingerprint density at radius 1 is 1.12 bits per heavy atom. The molecule has 2 heterocycles. The van der Waals surface area contributed by atoms with E-state index >= 15 is 0 Å². The zero-order chi connectivity index (χ0) is 23.2. The van der Waals surface area contributed by atoms with Crippen LogP contribution in [0, 0.1) is 5.41 Å². The molecule has 1 aliphatic carbocycles. The Morgan fingerprint density at radius 2 is 1.85 bits per heavy atom. The summed E-state index contributed by atoms with van der Waals surface area (Å²) in [5.41, 5.74) is 4.91. The number of carbonyl (C=O) groups excluding carboxylic acids is 2. The Labute approximate surface area is 193 Å². The van der Waals surface area contributed by atoms with Crippen molar-refractivity contribution in [2.45, 2.75) is 46.1 Å². The average molecular weight is 441 g/mol. The summed E-state index contributed by atoms with van der Waals surface area (Å²) in [6, 6.07) is 17.3. The standard InChI is InChI=1S/C27H28N4O2/c1-4-17-10-12-18(13-11-17)24-23-21(14-27(2,3)15-22(23)32)30-25-20(16-28-31(24)25)26(33)29-19-8-6-5-7-9-19/h5-13,16,24,30H,4,14-15H2,1-3H3,(H,29,33). The van der Waals surface area contributed by atoms with Crippen LogP contribution in [0.1, 0.15) is 61.1 Å². The van der Waals surface area contributed by atoms with Gasteiger partial charge in [0.1, 0.15) is 17.4 Å². The fourth-order valence-corrected chi connectivity index (χ4v) is 4.84. The third kappa shape index (κ3) is 3.86. The Morgan fingerprint density at radius 3 is 2.55 bits per heavy atom. The summed E-state index contributed by atoms with van der Waals surface area (Å²) in [5, 5.41) is 11.0. The van der Waals surface area contributed by atoms with E-state index in [1.165, 1.54) is 5.56 Å². The van der Waals surface area contributed by atoms with Crippen molar-refractivity contribution in [3.05, 3.63) is 88.8 Å². The minimum absolute atomic E-state index is 0.134. The molecule has 1 amide bonds. The van der Waals surface area contributed by atoms with Crippen LogP contribution in [0.5, 0.6) is 0 Å². The first-order valence-corrected chi connectivity index (χ1v) is 11.4. The number of aryl methyl sites for hydroxylation is 1. The number of benzene rings is 2. The van der Waals surface area contributed by atoms with Crippen molar-refractivity contribution >= 4 is 23.2 Å². The van der Waals surface area contributed by atoms with Gasteiger partial charge >= 0.3 is 0 Å². The number of hydrogen-bond acceptors (Lipinski definition) is 4. The molecule has 2 aromatic carbocycles. The quantitative estimate of drug-likeness (QED) is 0.573. The Balaban J connectivity index is 1.60. The number of aromatic nitrogens is 2. The van der Waals surface area contributed by atoms with E-state index < -0.39 is 0 Å². The molecular weight excluding hydrogens is 412 g/mol. The second kappa shape index (κ2) is 8.03. The number of para-hydroxylation sites is 1. The third-order valence-electron chi connectivity index (χ3n) is 6.48. The Kier molecular flexibility index (Phi) is 5.16. The van der Waals surface area contributed by atoms with Gasteiger partial charge in [-0.25, -0.2) is 4.68 Å². The lowest BCUT2D eigenvalue weighted by molar-refractivity contribution is -0.118. The lowest BCUT2D eigenvalue weighted by Gasteiger charge is -2.39. The van der Waals surface area contributed by atoms with Gasteiger partial charge in [-0.15, -0.1) is 0 Å². The van der Waals surface area contributed by atoms with Gasteiger partial charge in [-0.3, -0.25) is 9.59 Å². The molecule has 0 saturated heterocycles. The van der Waals surface area contributed by atoms with Gasteiger partial charge in [-0.2, -0.15) is 5.10 Å². The van der Waals surface area contributed by atoms with Gasteiger partial charge in [0.05, 0.1) is 6.20 Å². The van der Waals surface area contributed by atoms with Crippen LogP contribution in [0.25, 0.3) is 0 Å². The zero-order valence-corrected chi connectivity index (χ0v) is 19.2. The second-order valence-corrected chi connectivity index (χ2v) is 9.63. The molecule has 1 atom stereocenters. The molecule has 0 radical (unpaired) electrons. The van der Waals surface area contributed by atoms with Crippen molar-refractivity contribution in [3.8, 4) is 0 Å². The molecule has 0 fully saturated rings. The number of nitrogens with one attached hydrogen (secondary N) is 2. The molecule has 6 heteroatoms. The van der Waals surface area contributed by atoms with E-state index in [4.69, 9.17) is 0 Å². The summed E-state index contributed by atoms with van der Waals surface area (Å²) in [4.78, 5) is 26.5. The maximum atomic E-state index is 13.3. The van der Waals surface area contributed by atoms with Crippen molar-refractivity contribution in [2.24, 2.45) is 5.41 Å². The largest absolute Gasteiger partial charge is 0.343 e. The molecule has 1 unspecified atom stereocenters. The average Bonchev–Trinajstić information content (AvgIpc) is 3.21. The highest BCUT2D eigenvalue weighted by Gasteiger charge is 2.42. The Hall–Kier alpha value is -3.67. The predicted octanol–water partition coefficient (Wildman–Crippen LogP) is 5.36. The molecule has 33 heavy (non-hydrogen) atoms. The minimum atomic E-state index is -0.357. The van der Waals surface area contributed by atoms with Gasteiger partial charge in [0.25, 0.3) is 5.91 Å². The fraction of sp³-hybridized carbons (Fsp3) is 0.296. The number of rotatable bonds is 4. The molecule has 5 rings (SSSR count). The molecule has 0 spiro atoms. The van der Waals surface area contributed by atoms with Gasteiger partial charge in [0.2, 0.25) is 0 Å². The highest BCUT2D eigenvalue weighted by molar-refractivity contribution is 6.08. The maximum absolute atomic E-state index is 13.3. The molecular formula is C27H28N4O2. The zero-order valence-electron chi connectivity index (χ0n) is 19.2. The third-order valence-corrected chi connectivity index (χ3v) is 6.48. The van der Waals surface area contributed by atoms with Crippen LogP contribution in [-0.4, -0.2) is 21.5 Å². The number of fused-ring (bicyclic) bond motifs is 1. The fourth-order valence-electron chi connectivity index (χ4n) is 4.84. The highest BCUT2D eigenvalue weighted by Crippen LogP contribution is 2.46. The molecule has 0 bridgehead atoms. The van der Waals surface area contributed by atoms with Crippen LogP contribution in [0.15, 0.2) is 72.1 Å². The Bertz CT molecular complexity index is 1250. The lowest BCUT2D eigenvalue weighted by Crippen LogP contribution is -2.37. The normalized spacial score (nSPS) is 18.9. The van der Waals surface area contributed by atoms with Crippen LogP contribution in [0.2, 0.25) is 0 Å². The summed E-state index contributed by atoms with van der Waals surface area (Å²) in [5.74, 6) is 0.521. The van der Waals surface area contributed by atoms with Gasteiger partial charge < -0.3 is 10.6 Å². The molecule has 0 saturated carbocycles. The van der Waals surface area contributed by atoms with Crippen molar-refractivity contribution in [1.29, 1.82) is 0 Å². The van der Waals surface area contributed by atoms with E-state index in [1.807, 2.05) is 30.3 Å². The minimum Gasteiger partial charge on any atom is -0.343 e. The summed E-state index contributed by atoms with van der Waals surface area (Å²) in [6.07, 6.45) is 3.77. The van der Waals surface area contributed by atoms with E-state index in [9.17, 15) is 9.59 Å². The maximum Gasteiger partial charge on any atom is 0.261 e. The second-order valence-electron chi connectivity index (χ2n) is 9.63. The summed E-state index contributed by atoms with van der Waals surface area (Å²) >= 11 is 0. The van der Waals surface area contributed by atoms with E-state index in [2.05, 4.69) is 60.8 Å². The number of Topliss-reactive ketones (excluding diaryl/α,β-unsaturated/α-hetero) is 1. The van der Waals surface area contributed by atoms with Crippen LogP contribution in [-0.2, 0) is 11.2 Å². The van der Waals surface area contributed by atoms with E-state index in [-0.39, 0.29) is 23.1 Å². The summed E-state index contributed by atoms with van der Waals surface area (Å²) < 4.78 is 1.79. The number of allylic oxidation sites excluding steroid dienone is 2. The topological polar surface area (TPSA) is 76.0 Å². The molecule has 1 aliphatic heterocycles. The molecule has 1 aromatic heterocycles. The highest BCUT2D eigenvalue weighted by atomic mass is 16.1. The van der Waals surface area contributed by atoms with E-state index in [0.29, 0.717) is 17.8 Å². The number of nitrogens with zero attached hydrogens (tertiary/aromatic N) is 2. The molecule has 168 valence electrons. The molecule has 2 N–H and O–H groups in total. The van der Waals surface area contributed by atoms with Crippen LogP contribution in [0.4, 0.5) is 11.5 Å². The number of anilines is 2. The number of hydrogen-bond donors (Lipinski definition) is 2. The monoisotopic (exact) mass is 440 g/mol. The van der Waals surface area contributed by atoms with E-state index in [0.717, 1.165) is 35.4 Å². The van der Waals surface area contributed by atoms with Crippen molar-refractivity contribution in [2.75, 3.05) is 10.6 Å². The van der Waals surface area contributed by atoms with Crippen molar-refractivity contribution < 1.29 is 9.59 Å². The molecule has 6 nitrogen and oxygen atoms in total. The van der Waals surface area contributed by atoms with Crippen LogP contribution in [0.3, 0.4) is 0 Å². The summed E-state index contributed by atoms with van der Waals surface area (Å²) in [6.45, 7) is 6.34. The van der Waals surface area contributed by atoms with Crippen LogP contribution >= 0.6 is 0 Å². The summed E-state index contributed by atoms with van der Waals surface area (Å²) in [7, 11) is 0. The van der Waals surface area contributed by atoms with Gasteiger partial charge in [0.15, 0.2) is 5.78 Å². The molecule has 3 aromatic rings. The van der Waals surface area contributed by atoms with Crippen molar-refractivity contribution in [1.82, 2.24) is 9.78 Å². The first-order chi connectivity index (χ1) is 15.9. The first kappa shape index (κ1) is 21.2. The van der Waals surface area contributed by atoms with Gasteiger partial charge in [0, 0.05) is 23.4 Å². The first-order valence-electron chi connectivity index (χ1n) is 11.4. The number of carbonyl (C=O) groups is 2. The molecule has 2 aliphatic rings. The number of amides is 1. The SMILES string of the molecule is CCc1ccc(C2C3=C(CC(C)(C)CC3=O)Nc3c(C(=O)Nc4ccccc4)cnn32)cc1. The van der Waals surface area contributed by atoms with E-state index in [1.54, 1.807) is 10.9 Å².